The summed E-state index contributed by atoms with van der Waals surface area (Å²) in [4.78, 5) is 14.3. The molecule has 1 heterocycles. The van der Waals surface area contributed by atoms with Gasteiger partial charge in [-0.2, -0.15) is 17.4 Å². The maximum atomic E-state index is 12.6. The lowest BCUT2D eigenvalue weighted by atomic mass is 10.1. The molecule has 0 aromatic heterocycles. The van der Waals surface area contributed by atoms with Crippen LogP contribution in [0.15, 0.2) is 30.3 Å². The van der Waals surface area contributed by atoms with Crippen LogP contribution in [-0.2, 0) is 15.0 Å². The van der Waals surface area contributed by atoms with E-state index in [1.54, 1.807) is 29.2 Å². The fourth-order valence-corrected chi connectivity index (χ4v) is 3.03. The summed E-state index contributed by atoms with van der Waals surface area (Å²) in [5.41, 5.74) is 0.653. The summed E-state index contributed by atoms with van der Waals surface area (Å²) in [6.45, 7) is 1.37. The monoisotopic (exact) mass is 311 g/mol. The predicted octanol–water partition coefficient (Wildman–Crippen LogP) is 0.746. The van der Waals surface area contributed by atoms with Crippen LogP contribution in [0.1, 0.15) is 24.4 Å². The summed E-state index contributed by atoms with van der Waals surface area (Å²) in [6, 6.07) is 8.07. The Kier molecular flexibility index (Phi) is 4.97. The van der Waals surface area contributed by atoms with E-state index < -0.39 is 16.3 Å². The van der Waals surface area contributed by atoms with Gasteiger partial charge in [-0.15, -0.1) is 0 Å². The van der Waals surface area contributed by atoms with E-state index >= 15 is 0 Å². The molecular weight excluding hydrogens is 290 g/mol. The Morgan fingerprint density at radius 1 is 1.19 bits per heavy atom. The van der Waals surface area contributed by atoms with E-state index in [2.05, 4.69) is 4.72 Å². The van der Waals surface area contributed by atoms with Gasteiger partial charge in [-0.25, -0.2) is 0 Å². The Morgan fingerprint density at radius 2 is 1.76 bits per heavy atom. The largest absolute Gasteiger partial charge is 0.341 e. The van der Waals surface area contributed by atoms with Crippen molar-refractivity contribution in [3.8, 4) is 0 Å². The van der Waals surface area contributed by atoms with Crippen molar-refractivity contribution in [2.75, 3.05) is 27.2 Å². The van der Waals surface area contributed by atoms with Crippen LogP contribution in [0.2, 0.25) is 0 Å². The minimum atomic E-state index is -3.68. The zero-order valence-electron chi connectivity index (χ0n) is 12.3. The average Bonchev–Trinajstić information content (AvgIpc) is 2.99. The van der Waals surface area contributed by atoms with Crippen molar-refractivity contribution < 1.29 is 13.2 Å². The fourth-order valence-electron chi connectivity index (χ4n) is 2.28. The maximum absolute atomic E-state index is 12.6. The molecule has 116 valence electrons. The number of carbonyl (C=O) groups is 1. The molecule has 0 spiro atoms. The number of hydrogen-bond donors (Lipinski definition) is 1. The van der Waals surface area contributed by atoms with Crippen molar-refractivity contribution in [2.45, 2.75) is 18.9 Å². The number of amides is 1. The first-order valence-corrected chi connectivity index (χ1v) is 8.39. The quantitative estimate of drug-likeness (QED) is 0.872. The van der Waals surface area contributed by atoms with E-state index in [4.69, 9.17) is 0 Å². The van der Waals surface area contributed by atoms with Crippen LogP contribution in [0.4, 0.5) is 0 Å². The molecule has 7 heteroatoms. The van der Waals surface area contributed by atoms with Crippen LogP contribution in [0.3, 0.4) is 0 Å². The lowest BCUT2D eigenvalue weighted by molar-refractivity contribution is -0.132. The first kappa shape index (κ1) is 15.9. The standard InChI is InChI=1S/C14H21N3O3S/c1-16(2)21(19,20)15-13(12-8-4-3-5-9-12)14(18)17-10-6-7-11-17/h3-5,8-9,13,15H,6-7,10-11H2,1-2H3/t13-/m0/s1. The lowest BCUT2D eigenvalue weighted by Crippen LogP contribution is -2.45. The smallest absolute Gasteiger partial charge is 0.279 e. The predicted molar refractivity (Wildman–Crippen MR) is 80.7 cm³/mol. The number of nitrogens with one attached hydrogen (secondary N) is 1. The lowest BCUT2D eigenvalue weighted by Gasteiger charge is -2.25. The first-order chi connectivity index (χ1) is 9.92. The molecule has 1 aromatic rings. The average molecular weight is 311 g/mol. The molecule has 1 aromatic carbocycles. The van der Waals surface area contributed by atoms with Gasteiger partial charge in [0, 0.05) is 27.2 Å². The third kappa shape index (κ3) is 3.81. The van der Waals surface area contributed by atoms with Gasteiger partial charge in [-0.3, -0.25) is 4.79 Å². The highest BCUT2D eigenvalue weighted by atomic mass is 32.2. The molecule has 1 N–H and O–H groups in total. The Bertz CT molecular complexity index is 581. The van der Waals surface area contributed by atoms with Gasteiger partial charge in [0.15, 0.2) is 0 Å². The summed E-state index contributed by atoms with van der Waals surface area (Å²) >= 11 is 0. The molecule has 0 aliphatic carbocycles. The summed E-state index contributed by atoms with van der Waals surface area (Å²) in [5, 5.41) is 0. The topological polar surface area (TPSA) is 69.7 Å². The number of likely N-dealkylation sites (tertiary alicyclic amines) is 1. The summed E-state index contributed by atoms with van der Waals surface area (Å²) in [6.07, 6.45) is 1.93. The maximum Gasteiger partial charge on any atom is 0.279 e. The van der Waals surface area contributed by atoms with Gasteiger partial charge in [0.25, 0.3) is 10.2 Å². The van der Waals surface area contributed by atoms with Gasteiger partial charge in [0.1, 0.15) is 6.04 Å². The van der Waals surface area contributed by atoms with E-state index in [-0.39, 0.29) is 5.91 Å². The number of nitrogens with zero attached hydrogens (tertiary/aromatic N) is 2. The number of rotatable bonds is 5. The number of carbonyl (C=O) groups excluding carboxylic acids is 1. The van der Waals surface area contributed by atoms with Crippen molar-refractivity contribution in [1.82, 2.24) is 13.9 Å². The second-order valence-corrected chi connectivity index (χ2v) is 7.20. The molecule has 0 unspecified atom stereocenters. The van der Waals surface area contributed by atoms with Crippen LogP contribution in [0, 0.1) is 0 Å². The molecule has 1 aliphatic heterocycles. The summed E-state index contributed by atoms with van der Waals surface area (Å²) in [7, 11) is -0.814. The molecule has 0 radical (unpaired) electrons. The normalized spacial score (nSPS) is 17.2. The van der Waals surface area contributed by atoms with Gasteiger partial charge in [-0.1, -0.05) is 30.3 Å². The highest BCUT2D eigenvalue weighted by Crippen LogP contribution is 2.20. The highest BCUT2D eigenvalue weighted by Gasteiger charge is 2.31. The number of benzene rings is 1. The van der Waals surface area contributed by atoms with Crippen LogP contribution in [-0.4, -0.2) is 50.7 Å². The van der Waals surface area contributed by atoms with Crippen molar-refractivity contribution >= 4 is 16.1 Å². The van der Waals surface area contributed by atoms with E-state index in [0.717, 1.165) is 17.1 Å². The van der Waals surface area contributed by atoms with E-state index in [9.17, 15) is 13.2 Å². The summed E-state index contributed by atoms with van der Waals surface area (Å²) < 4.78 is 27.7. The van der Waals surface area contributed by atoms with E-state index in [1.807, 2.05) is 6.07 Å². The van der Waals surface area contributed by atoms with Crippen molar-refractivity contribution in [3.63, 3.8) is 0 Å². The molecule has 1 aliphatic rings. The highest BCUT2D eigenvalue weighted by molar-refractivity contribution is 7.87. The minimum Gasteiger partial charge on any atom is -0.341 e. The van der Waals surface area contributed by atoms with Crippen LogP contribution in [0.5, 0.6) is 0 Å². The Labute approximate surface area is 125 Å². The van der Waals surface area contributed by atoms with Crippen molar-refractivity contribution in [2.24, 2.45) is 0 Å². The summed E-state index contributed by atoms with van der Waals surface area (Å²) in [5.74, 6) is -0.191. The second-order valence-electron chi connectivity index (χ2n) is 5.28. The SMILES string of the molecule is CN(C)S(=O)(=O)N[C@H](C(=O)N1CCCC1)c1ccccc1. The van der Waals surface area contributed by atoms with Crippen LogP contribution < -0.4 is 4.72 Å². The van der Waals surface area contributed by atoms with E-state index in [0.29, 0.717) is 18.7 Å². The molecule has 6 nitrogen and oxygen atoms in total. The molecule has 0 bridgehead atoms. The Hall–Kier alpha value is -1.44. The molecule has 1 atom stereocenters. The molecule has 1 fully saturated rings. The third-order valence-corrected chi connectivity index (χ3v) is 5.04. The molecule has 1 saturated heterocycles. The second kappa shape index (κ2) is 6.55. The van der Waals surface area contributed by atoms with Gasteiger partial charge in [0.05, 0.1) is 0 Å². The minimum absolute atomic E-state index is 0.191. The van der Waals surface area contributed by atoms with Gasteiger partial charge in [-0.05, 0) is 18.4 Å². The first-order valence-electron chi connectivity index (χ1n) is 6.95. The molecule has 21 heavy (non-hydrogen) atoms. The van der Waals surface area contributed by atoms with Gasteiger partial charge in [0.2, 0.25) is 5.91 Å². The zero-order valence-corrected chi connectivity index (χ0v) is 13.1. The molecule has 1 amide bonds. The van der Waals surface area contributed by atoms with Crippen LogP contribution in [0.25, 0.3) is 0 Å². The molecular formula is C14H21N3O3S. The van der Waals surface area contributed by atoms with Crippen molar-refractivity contribution in [3.05, 3.63) is 35.9 Å². The van der Waals surface area contributed by atoms with Gasteiger partial charge < -0.3 is 4.90 Å². The zero-order chi connectivity index (χ0) is 15.5. The van der Waals surface area contributed by atoms with Crippen molar-refractivity contribution in [1.29, 1.82) is 0 Å². The molecule has 0 saturated carbocycles. The third-order valence-electron chi connectivity index (χ3n) is 3.55. The Balaban J connectivity index is 2.28. The Morgan fingerprint density at radius 3 is 2.29 bits per heavy atom. The fraction of sp³-hybridized carbons (Fsp3) is 0.500. The van der Waals surface area contributed by atoms with Gasteiger partial charge >= 0.3 is 0 Å². The van der Waals surface area contributed by atoms with E-state index in [1.165, 1.54) is 14.1 Å². The van der Waals surface area contributed by atoms with Crippen LogP contribution >= 0.6 is 0 Å². The number of hydrogen-bond acceptors (Lipinski definition) is 3. The molecule has 2 rings (SSSR count).